The molecule has 0 radical (unpaired) electrons. The smallest absolute Gasteiger partial charge is 0.120 e. The normalized spacial score (nSPS) is 12.7. The molecule has 0 amide bonds. The van der Waals surface area contributed by atoms with Crippen LogP contribution in [0.3, 0.4) is 0 Å². The van der Waals surface area contributed by atoms with Crippen molar-refractivity contribution in [3.8, 4) is 5.75 Å². The summed E-state index contributed by atoms with van der Waals surface area (Å²) in [6.07, 6.45) is 0.168. The van der Waals surface area contributed by atoms with Gasteiger partial charge < -0.3 is 14.8 Å². The molecular formula is C15H25NO2. The molecule has 1 aromatic rings. The van der Waals surface area contributed by atoms with E-state index >= 15 is 0 Å². The van der Waals surface area contributed by atoms with Crippen molar-refractivity contribution in [2.45, 2.75) is 33.5 Å². The molecule has 0 spiro atoms. The molecule has 0 saturated carbocycles. The van der Waals surface area contributed by atoms with Gasteiger partial charge in [0.2, 0.25) is 0 Å². The molecule has 18 heavy (non-hydrogen) atoms. The molecule has 1 unspecified atom stereocenters. The largest absolute Gasteiger partial charge is 0.489 e. The van der Waals surface area contributed by atoms with Gasteiger partial charge in [0.1, 0.15) is 11.9 Å². The van der Waals surface area contributed by atoms with Crippen LogP contribution in [-0.4, -0.2) is 26.3 Å². The van der Waals surface area contributed by atoms with Crippen LogP contribution in [0.25, 0.3) is 0 Å². The van der Waals surface area contributed by atoms with Gasteiger partial charge in [0.05, 0.1) is 6.61 Å². The van der Waals surface area contributed by atoms with Gasteiger partial charge >= 0.3 is 0 Å². The Morgan fingerprint density at radius 3 is 2.61 bits per heavy atom. The fraction of sp³-hybridized carbons (Fsp3) is 0.600. The van der Waals surface area contributed by atoms with Crippen molar-refractivity contribution in [3.05, 3.63) is 29.8 Å². The molecule has 102 valence electrons. The molecular weight excluding hydrogens is 226 g/mol. The summed E-state index contributed by atoms with van der Waals surface area (Å²) in [7, 11) is 1.70. The second-order valence-electron chi connectivity index (χ2n) is 5.06. The quantitative estimate of drug-likeness (QED) is 0.770. The second kappa shape index (κ2) is 8.11. The summed E-state index contributed by atoms with van der Waals surface area (Å²) < 4.78 is 11.0. The van der Waals surface area contributed by atoms with E-state index in [1.807, 2.05) is 24.3 Å². The summed E-state index contributed by atoms with van der Waals surface area (Å²) >= 11 is 0. The van der Waals surface area contributed by atoms with E-state index in [0.717, 1.165) is 24.4 Å². The molecule has 0 fully saturated rings. The van der Waals surface area contributed by atoms with Crippen LogP contribution < -0.4 is 10.1 Å². The van der Waals surface area contributed by atoms with Gasteiger partial charge in [-0.05, 0) is 37.1 Å². The number of nitrogens with one attached hydrogen (secondary N) is 1. The highest BCUT2D eigenvalue weighted by Gasteiger charge is 2.04. The van der Waals surface area contributed by atoms with E-state index in [-0.39, 0.29) is 6.10 Å². The molecule has 3 heteroatoms. The number of benzene rings is 1. The van der Waals surface area contributed by atoms with E-state index in [2.05, 4.69) is 26.1 Å². The Morgan fingerprint density at radius 1 is 1.17 bits per heavy atom. The van der Waals surface area contributed by atoms with E-state index < -0.39 is 0 Å². The Kier molecular flexibility index (Phi) is 6.76. The van der Waals surface area contributed by atoms with Crippen molar-refractivity contribution >= 4 is 0 Å². The first kappa shape index (κ1) is 15.0. The van der Waals surface area contributed by atoms with Gasteiger partial charge in [-0.3, -0.25) is 0 Å². The van der Waals surface area contributed by atoms with Gasteiger partial charge in [-0.15, -0.1) is 0 Å². The van der Waals surface area contributed by atoms with Gasteiger partial charge in [0.15, 0.2) is 0 Å². The Balaban J connectivity index is 2.38. The van der Waals surface area contributed by atoms with Crippen molar-refractivity contribution in [1.29, 1.82) is 0 Å². The minimum atomic E-state index is 0.168. The van der Waals surface area contributed by atoms with Gasteiger partial charge in [0, 0.05) is 13.7 Å². The van der Waals surface area contributed by atoms with E-state index in [9.17, 15) is 0 Å². The number of hydrogen-bond acceptors (Lipinski definition) is 3. The first-order valence-electron chi connectivity index (χ1n) is 6.57. The lowest BCUT2D eigenvalue weighted by atomic mass is 10.2. The Morgan fingerprint density at radius 2 is 1.94 bits per heavy atom. The highest BCUT2D eigenvalue weighted by atomic mass is 16.5. The molecule has 1 atom stereocenters. The molecule has 3 nitrogen and oxygen atoms in total. The van der Waals surface area contributed by atoms with E-state index in [1.54, 1.807) is 7.11 Å². The van der Waals surface area contributed by atoms with Crippen molar-refractivity contribution in [2.24, 2.45) is 5.92 Å². The predicted molar refractivity (Wildman–Crippen MR) is 75.0 cm³/mol. The molecule has 1 rings (SSSR count). The maximum atomic E-state index is 5.87. The molecule has 0 heterocycles. The predicted octanol–water partition coefficient (Wildman–Crippen LogP) is 2.85. The van der Waals surface area contributed by atoms with Crippen molar-refractivity contribution in [2.75, 3.05) is 20.2 Å². The van der Waals surface area contributed by atoms with Crippen LogP contribution in [0.2, 0.25) is 0 Å². The highest BCUT2D eigenvalue weighted by molar-refractivity contribution is 5.28. The minimum absolute atomic E-state index is 0.168. The van der Waals surface area contributed by atoms with Crippen LogP contribution in [0.1, 0.15) is 26.3 Å². The maximum absolute atomic E-state index is 5.87. The zero-order valence-corrected chi connectivity index (χ0v) is 11.9. The Bertz CT molecular complexity index is 339. The summed E-state index contributed by atoms with van der Waals surface area (Å²) in [6, 6.07) is 8.05. The lowest BCUT2D eigenvalue weighted by Crippen LogP contribution is -2.31. The zero-order chi connectivity index (χ0) is 13.4. The molecule has 0 aliphatic heterocycles. The first-order chi connectivity index (χ1) is 8.61. The first-order valence-corrected chi connectivity index (χ1v) is 6.57. The van der Waals surface area contributed by atoms with Crippen LogP contribution >= 0.6 is 0 Å². The SMILES string of the molecule is COCc1cccc(OC(C)CNCC(C)C)c1. The fourth-order valence-electron chi connectivity index (χ4n) is 1.72. The molecule has 0 bridgehead atoms. The third-order valence-corrected chi connectivity index (χ3v) is 2.53. The average molecular weight is 251 g/mol. The standard InChI is InChI=1S/C15H25NO2/c1-12(2)9-16-10-13(3)18-15-7-5-6-14(8-15)11-17-4/h5-8,12-13,16H,9-11H2,1-4H3. The van der Waals surface area contributed by atoms with Gasteiger partial charge in [-0.25, -0.2) is 0 Å². The molecule has 0 aromatic heterocycles. The van der Waals surface area contributed by atoms with Crippen molar-refractivity contribution in [1.82, 2.24) is 5.32 Å². The topological polar surface area (TPSA) is 30.5 Å². The fourth-order valence-corrected chi connectivity index (χ4v) is 1.72. The lowest BCUT2D eigenvalue weighted by Gasteiger charge is -2.16. The number of hydrogen-bond donors (Lipinski definition) is 1. The Labute approximate surface area is 110 Å². The van der Waals surface area contributed by atoms with E-state index in [0.29, 0.717) is 12.5 Å². The van der Waals surface area contributed by atoms with Crippen LogP contribution in [-0.2, 0) is 11.3 Å². The Hall–Kier alpha value is -1.06. The number of rotatable bonds is 8. The second-order valence-corrected chi connectivity index (χ2v) is 5.06. The van der Waals surface area contributed by atoms with E-state index in [4.69, 9.17) is 9.47 Å². The summed E-state index contributed by atoms with van der Waals surface area (Å²) in [4.78, 5) is 0. The van der Waals surface area contributed by atoms with Crippen LogP contribution in [0, 0.1) is 5.92 Å². The molecule has 0 saturated heterocycles. The van der Waals surface area contributed by atoms with Gasteiger partial charge in [0.25, 0.3) is 0 Å². The third kappa shape index (κ3) is 6.03. The molecule has 0 aliphatic rings. The molecule has 1 N–H and O–H groups in total. The van der Waals surface area contributed by atoms with Gasteiger partial charge in [-0.1, -0.05) is 26.0 Å². The van der Waals surface area contributed by atoms with Crippen LogP contribution in [0.15, 0.2) is 24.3 Å². The monoisotopic (exact) mass is 251 g/mol. The van der Waals surface area contributed by atoms with E-state index in [1.165, 1.54) is 0 Å². The summed E-state index contributed by atoms with van der Waals surface area (Å²) in [5.41, 5.74) is 1.14. The number of methoxy groups -OCH3 is 1. The van der Waals surface area contributed by atoms with Crippen molar-refractivity contribution < 1.29 is 9.47 Å². The average Bonchev–Trinajstić information content (AvgIpc) is 2.29. The zero-order valence-electron chi connectivity index (χ0n) is 11.9. The molecule has 0 aliphatic carbocycles. The summed E-state index contributed by atoms with van der Waals surface area (Å²) in [6.45, 7) is 9.00. The molecule has 1 aromatic carbocycles. The van der Waals surface area contributed by atoms with Crippen LogP contribution in [0.5, 0.6) is 5.75 Å². The van der Waals surface area contributed by atoms with Crippen molar-refractivity contribution in [3.63, 3.8) is 0 Å². The number of ether oxygens (including phenoxy) is 2. The highest BCUT2D eigenvalue weighted by Crippen LogP contribution is 2.15. The third-order valence-electron chi connectivity index (χ3n) is 2.53. The summed E-state index contributed by atoms with van der Waals surface area (Å²) in [5.74, 6) is 1.57. The van der Waals surface area contributed by atoms with Crippen LogP contribution in [0.4, 0.5) is 0 Å². The maximum Gasteiger partial charge on any atom is 0.120 e. The minimum Gasteiger partial charge on any atom is -0.489 e. The van der Waals surface area contributed by atoms with Gasteiger partial charge in [-0.2, -0.15) is 0 Å². The summed E-state index contributed by atoms with van der Waals surface area (Å²) in [5, 5.41) is 3.39. The lowest BCUT2D eigenvalue weighted by molar-refractivity contribution is 0.183.